The zero-order valence-corrected chi connectivity index (χ0v) is 10.4. The minimum absolute atomic E-state index is 0.436. The van der Waals surface area contributed by atoms with Crippen molar-refractivity contribution in [2.75, 3.05) is 7.11 Å². The largest absolute Gasteiger partial charge is 0.480 e. The first-order valence-electron chi connectivity index (χ1n) is 5.15. The fourth-order valence-corrected chi connectivity index (χ4v) is 2.19. The van der Waals surface area contributed by atoms with Crippen molar-refractivity contribution in [2.24, 2.45) is 0 Å². The monoisotopic (exact) mass is 251 g/mol. The number of ether oxygens (including phenoxy) is 1. The summed E-state index contributed by atoms with van der Waals surface area (Å²) in [4.78, 5) is 4.30. The topological polar surface area (TPSA) is 68.1 Å². The van der Waals surface area contributed by atoms with Gasteiger partial charge in [-0.3, -0.25) is 0 Å². The van der Waals surface area contributed by atoms with Crippen molar-refractivity contribution in [1.29, 1.82) is 0 Å². The highest BCUT2D eigenvalue weighted by molar-refractivity contribution is 7.09. The van der Waals surface area contributed by atoms with Crippen LogP contribution in [0, 0.1) is 6.92 Å². The molecule has 0 spiro atoms. The van der Waals surface area contributed by atoms with Crippen LogP contribution >= 0.6 is 11.3 Å². The highest BCUT2D eigenvalue weighted by Gasteiger charge is 2.13. The van der Waals surface area contributed by atoms with Crippen LogP contribution in [0.3, 0.4) is 0 Å². The quantitative estimate of drug-likeness (QED) is 0.892. The number of aromatic nitrogens is 3. The van der Waals surface area contributed by atoms with Gasteiger partial charge in [-0.05, 0) is 13.0 Å². The SMILES string of the molecule is COc1ccc(C(O)Cc2nc(C)cs2)nn1. The third kappa shape index (κ3) is 2.98. The van der Waals surface area contributed by atoms with Crippen LogP contribution in [0.2, 0.25) is 0 Å². The fraction of sp³-hybridized carbons (Fsp3) is 0.364. The molecule has 0 aliphatic heterocycles. The number of hydrogen-bond acceptors (Lipinski definition) is 6. The van der Waals surface area contributed by atoms with Gasteiger partial charge < -0.3 is 9.84 Å². The van der Waals surface area contributed by atoms with Gasteiger partial charge in [0.1, 0.15) is 6.10 Å². The Morgan fingerprint density at radius 1 is 1.41 bits per heavy atom. The molecule has 2 aromatic rings. The first-order valence-corrected chi connectivity index (χ1v) is 6.03. The molecule has 1 atom stereocenters. The van der Waals surface area contributed by atoms with Crippen molar-refractivity contribution in [3.05, 3.63) is 33.9 Å². The Bertz CT molecular complexity index is 484. The summed E-state index contributed by atoms with van der Waals surface area (Å²) >= 11 is 1.54. The minimum atomic E-state index is -0.682. The van der Waals surface area contributed by atoms with Crippen molar-refractivity contribution < 1.29 is 9.84 Å². The Hall–Kier alpha value is -1.53. The maximum Gasteiger partial charge on any atom is 0.233 e. The molecule has 0 fully saturated rings. The molecular weight excluding hydrogens is 238 g/mol. The van der Waals surface area contributed by atoms with Crippen LogP contribution in [-0.4, -0.2) is 27.4 Å². The number of nitrogens with zero attached hydrogens (tertiary/aromatic N) is 3. The third-order valence-electron chi connectivity index (χ3n) is 2.25. The van der Waals surface area contributed by atoms with E-state index in [1.165, 1.54) is 18.4 Å². The van der Waals surface area contributed by atoms with Gasteiger partial charge in [0, 0.05) is 23.6 Å². The second-order valence-electron chi connectivity index (χ2n) is 3.60. The molecule has 0 aromatic carbocycles. The van der Waals surface area contributed by atoms with Gasteiger partial charge in [-0.1, -0.05) is 0 Å². The smallest absolute Gasteiger partial charge is 0.233 e. The van der Waals surface area contributed by atoms with Crippen LogP contribution in [-0.2, 0) is 6.42 Å². The molecule has 0 saturated heterocycles. The second-order valence-corrected chi connectivity index (χ2v) is 4.55. The van der Waals surface area contributed by atoms with Crippen molar-refractivity contribution in [2.45, 2.75) is 19.4 Å². The van der Waals surface area contributed by atoms with Crippen LogP contribution in [0.15, 0.2) is 17.5 Å². The van der Waals surface area contributed by atoms with Gasteiger partial charge in [0.05, 0.1) is 17.8 Å². The van der Waals surface area contributed by atoms with Gasteiger partial charge in [-0.25, -0.2) is 4.98 Å². The normalized spacial score (nSPS) is 12.4. The predicted molar refractivity (Wildman–Crippen MR) is 64.1 cm³/mol. The van der Waals surface area contributed by atoms with E-state index >= 15 is 0 Å². The molecule has 0 saturated carbocycles. The molecule has 2 heterocycles. The maximum atomic E-state index is 9.97. The van der Waals surface area contributed by atoms with Gasteiger partial charge >= 0.3 is 0 Å². The second kappa shape index (κ2) is 5.20. The number of thiazole rings is 1. The average Bonchev–Trinajstić information content (AvgIpc) is 2.75. The highest BCUT2D eigenvalue weighted by atomic mass is 32.1. The van der Waals surface area contributed by atoms with Crippen LogP contribution in [0.5, 0.6) is 5.88 Å². The predicted octanol–water partition coefficient (Wildman–Crippen LogP) is 1.53. The lowest BCUT2D eigenvalue weighted by molar-refractivity contribution is 0.172. The summed E-state index contributed by atoms with van der Waals surface area (Å²) < 4.78 is 4.90. The Balaban J connectivity index is 2.06. The summed E-state index contributed by atoms with van der Waals surface area (Å²) in [6.45, 7) is 1.93. The molecule has 0 amide bonds. The molecule has 0 aliphatic carbocycles. The molecular formula is C11H13N3O2S. The van der Waals surface area contributed by atoms with Gasteiger partial charge in [0.2, 0.25) is 5.88 Å². The number of aliphatic hydroxyl groups is 1. The zero-order valence-electron chi connectivity index (χ0n) is 9.62. The minimum Gasteiger partial charge on any atom is -0.480 e. The molecule has 17 heavy (non-hydrogen) atoms. The summed E-state index contributed by atoms with van der Waals surface area (Å²) in [5.41, 5.74) is 1.50. The summed E-state index contributed by atoms with van der Waals surface area (Å²) in [5, 5.41) is 20.5. The first-order chi connectivity index (χ1) is 8.19. The van der Waals surface area contributed by atoms with Crippen molar-refractivity contribution >= 4 is 11.3 Å². The lowest BCUT2D eigenvalue weighted by atomic mass is 10.2. The number of aryl methyl sites for hydroxylation is 1. The van der Waals surface area contributed by atoms with Crippen LogP contribution < -0.4 is 4.74 Å². The van der Waals surface area contributed by atoms with Crippen molar-refractivity contribution in [1.82, 2.24) is 15.2 Å². The summed E-state index contributed by atoms with van der Waals surface area (Å²) in [6.07, 6.45) is -0.224. The lowest BCUT2D eigenvalue weighted by Gasteiger charge is -2.07. The zero-order chi connectivity index (χ0) is 12.3. The maximum absolute atomic E-state index is 9.97. The Kier molecular flexibility index (Phi) is 3.65. The van der Waals surface area contributed by atoms with Gasteiger partial charge in [-0.2, -0.15) is 0 Å². The Morgan fingerprint density at radius 2 is 2.24 bits per heavy atom. The highest BCUT2D eigenvalue weighted by Crippen LogP contribution is 2.19. The fourth-order valence-electron chi connectivity index (χ4n) is 1.38. The van der Waals surface area contributed by atoms with Crippen molar-refractivity contribution in [3.8, 4) is 5.88 Å². The summed E-state index contributed by atoms with van der Waals surface area (Å²) in [7, 11) is 1.53. The third-order valence-corrected chi connectivity index (χ3v) is 3.23. The molecule has 2 rings (SSSR count). The van der Waals surface area contributed by atoms with E-state index in [0.29, 0.717) is 18.0 Å². The lowest BCUT2D eigenvalue weighted by Crippen LogP contribution is -2.05. The van der Waals surface area contributed by atoms with Crippen LogP contribution in [0.25, 0.3) is 0 Å². The molecule has 0 radical (unpaired) electrons. The number of hydrogen-bond donors (Lipinski definition) is 1. The summed E-state index contributed by atoms with van der Waals surface area (Å²) in [5.74, 6) is 0.436. The van der Waals surface area contributed by atoms with Gasteiger partial charge in [0.15, 0.2) is 0 Å². The van der Waals surface area contributed by atoms with E-state index in [2.05, 4.69) is 15.2 Å². The summed E-state index contributed by atoms with van der Waals surface area (Å²) in [6, 6.07) is 3.38. The van der Waals surface area contributed by atoms with Crippen molar-refractivity contribution in [3.63, 3.8) is 0 Å². The number of aliphatic hydroxyl groups excluding tert-OH is 1. The standard InChI is InChI=1S/C11H13N3O2S/c1-7-6-17-11(12-7)5-9(15)8-3-4-10(16-2)14-13-8/h3-4,6,9,15H,5H2,1-2H3. The van der Waals surface area contributed by atoms with E-state index in [1.807, 2.05) is 12.3 Å². The molecule has 1 N–H and O–H groups in total. The van der Waals surface area contributed by atoms with Gasteiger partial charge in [-0.15, -0.1) is 21.5 Å². The van der Waals surface area contributed by atoms with Crippen LogP contribution in [0.4, 0.5) is 0 Å². The van der Waals surface area contributed by atoms with E-state index < -0.39 is 6.10 Å². The molecule has 5 nitrogen and oxygen atoms in total. The average molecular weight is 251 g/mol. The molecule has 0 aliphatic rings. The Morgan fingerprint density at radius 3 is 2.76 bits per heavy atom. The molecule has 90 valence electrons. The Labute approximate surface area is 103 Å². The molecule has 0 bridgehead atoms. The molecule has 6 heteroatoms. The molecule has 1 unspecified atom stereocenters. The van der Waals surface area contributed by atoms with E-state index in [-0.39, 0.29) is 0 Å². The van der Waals surface area contributed by atoms with Crippen LogP contribution in [0.1, 0.15) is 22.5 Å². The van der Waals surface area contributed by atoms with E-state index in [1.54, 1.807) is 12.1 Å². The van der Waals surface area contributed by atoms with Gasteiger partial charge in [0.25, 0.3) is 0 Å². The molecule has 2 aromatic heterocycles. The first kappa shape index (κ1) is 11.9. The number of methoxy groups -OCH3 is 1. The van der Waals surface area contributed by atoms with E-state index in [4.69, 9.17) is 4.74 Å². The number of rotatable bonds is 4. The van der Waals surface area contributed by atoms with E-state index in [9.17, 15) is 5.11 Å². The van der Waals surface area contributed by atoms with E-state index in [0.717, 1.165) is 10.7 Å².